The van der Waals surface area contributed by atoms with Crippen LogP contribution in [0.4, 0.5) is 0 Å². The normalized spacial score (nSPS) is 12.3. The molecular formula is C54H53N3O. The number of pyridine rings is 1. The SMILES string of the molecule is [2H]C(C)(C)c1cc(-n2c(-c3cc(C)cc(C)c3O)nc3c(-c4cc(-c5cc(-c6ccccc6)ccn5)cc(C(C)C)c4)cccc32)ccc1-c1ccccc1C(C)(C)C. The van der Waals surface area contributed by atoms with Gasteiger partial charge < -0.3 is 5.11 Å². The van der Waals surface area contributed by atoms with Gasteiger partial charge >= 0.3 is 0 Å². The number of rotatable bonds is 8. The first kappa shape index (κ1) is 37.3. The maximum atomic E-state index is 11.7. The zero-order valence-corrected chi connectivity index (χ0v) is 35.1. The smallest absolute Gasteiger partial charge is 0.149 e. The van der Waals surface area contributed by atoms with E-state index in [0.717, 1.165) is 78.0 Å². The molecule has 0 saturated carbocycles. The number of para-hydroxylation sites is 1. The van der Waals surface area contributed by atoms with Crippen molar-refractivity contribution in [3.05, 3.63) is 167 Å². The standard InChI is InChI=1S/C54H53N3O/c1-33(2)39-28-40(30-41(29-39)49-31-38(24-25-55-49)37-16-11-10-12-17-37)43-19-15-21-50-51(43)56-53(47-27-35(5)26-36(6)52(47)58)57(50)42-22-23-44(46(32-42)34(3)4)45-18-13-14-20-48(45)54(7,8)9/h10-34,58H,1-9H3/i34D. The Morgan fingerprint density at radius 1 is 0.638 bits per heavy atom. The molecule has 2 heterocycles. The van der Waals surface area contributed by atoms with E-state index < -0.39 is 5.89 Å². The third kappa shape index (κ3) is 7.24. The highest BCUT2D eigenvalue weighted by molar-refractivity contribution is 5.97. The number of imidazole rings is 1. The molecule has 0 aliphatic carbocycles. The molecular weight excluding hydrogens is 707 g/mol. The predicted octanol–water partition coefficient (Wildman–Crippen LogP) is 14.6. The van der Waals surface area contributed by atoms with Gasteiger partial charge in [0.2, 0.25) is 0 Å². The van der Waals surface area contributed by atoms with Crippen LogP contribution in [-0.4, -0.2) is 19.6 Å². The topological polar surface area (TPSA) is 50.9 Å². The van der Waals surface area contributed by atoms with Crippen LogP contribution in [0.2, 0.25) is 0 Å². The number of fused-ring (bicyclic) bond motifs is 1. The fraction of sp³-hybridized carbons (Fsp3) is 0.222. The zero-order chi connectivity index (χ0) is 41.8. The summed E-state index contributed by atoms with van der Waals surface area (Å²) < 4.78 is 11.6. The zero-order valence-electron chi connectivity index (χ0n) is 36.1. The van der Waals surface area contributed by atoms with Gasteiger partial charge in [-0.25, -0.2) is 4.98 Å². The van der Waals surface area contributed by atoms with E-state index in [1.807, 2.05) is 45.2 Å². The Morgan fingerprint density at radius 3 is 2.10 bits per heavy atom. The highest BCUT2D eigenvalue weighted by Gasteiger charge is 2.24. The van der Waals surface area contributed by atoms with Crippen molar-refractivity contribution in [1.29, 1.82) is 0 Å². The van der Waals surface area contributed by atoms with Crippen LogP contribution in [0.1, 0.15) is 89.5 Å². The Kier molecular flexibility index (Phi) is 9.81. The van der Waals surface area contributed by atoms with Crippen LogP contribution >= 0.6 is 0 Å². The predicted molar refractivity (Wildman–Crippen MR) is 244 cm³/mol. The Bertz CT molecular complexity index is 2850. The van der Waals surface area contributed by atoms with Gasteiger partial charge in [0, 0.05) is 24.4 Å². The molecule has 4 heteroatoms. The third-order valence-electron chi connectivity index (χ3n) is 11.3. The summed E-state index contributed by atoms with van der Waals surface area (Å²) in [6.07, 6.45) is 1.89. The summed E-state index contributed by atoms with van der Waals surface area (Å²) in [4.78, 5) is 10.3. The number of hydrogen-bond donors (Lipinski definition) is 1. The minimum atomic E-state index is -0.917. The molecule has 2 aromatic heterocycles. The molecule has 0 aliphatic heterocycles. The quantitative estimate of drug-likeness (QED) is 0.168. The second-order valence-corrected chi connectivity index (χ2v) is 17.2. The van der Waals surface area contributed by atoms with E-state index in [0.29, 0.717) is 11.4 Å². The lowest BCUT2D eigenvalue weighted by Gasteiger charge is -2.25. The van der Waals surface area contributed by atoms with Crippen LogP contribution in [-0.2, 0) is 5.41 Å². The van der Waals surface area contributed by atoms with Gasteiger partial charge in [-0.05, 0) is 135 Å². The first-order chi connectivity index (χ1) is 28.1. The molecule has 4 nitrogen and oxygen atoms in total. The molecule has 0 atom stereocenters. The van der Waals surface area contributed by atoms with Gasteiger partial charge in [0.1, 0.15) is 11.6 Å². The van der Waals surface area contributed by atoms with Crippen molar-refractivity contribution in [3.8, 4) is 67.5 Å². The van der Waals surface area contributed by atoms with Crippen LogP contribution < -0.4 is 0 Å². The average molecular weight is 761 g/mol. The van der Waals surface area contributed by atoms with Gasteiger partial charge in [0.15, 0.2) is 0 Å². The molecule has 58 heavy (non-hydrogen) atoms. The lowest BCUT2D eigenvalue weighted by molar-refractivity contribution is 0.472. The molecule has 0 saturated heterocycles. The fourth-order valence-corrected chi connectivity index (χ4v) is 8.28. The van der Waals surface area contributed by atoms with Crippen molar-refractivity contribution in [2.75, 3.05) is 0 Å². The second-order valence-electron chi connectivity index (χ2n) is 17.2. The van der Waals surface area contributed by atoms with Crippen LogP contribution in [0.15, 0.2) is 140 Å². The van der Waals surface area contributed by atoms with Gasteiger partial charge in [0.25, 0.3) is 0 Å². The van der Waals surface area contributed by atoms with E-state index in [4.69, 9.17) is 9.97 Å². The monoisotopic (exact) mass is 760 g/mol. The molecule has 0 bridgehead atoms. The van der Waals surface area contributed by atoms with E-state index in [2.05, 4.69) is 161 Å². The van der Waals surface area contributed by atoms with E-state index in [1.54, 1.807) is 0 Å². The minimum absolute atomic E-state index is 0.0864. The van der Waals surface area contributed by atoms with Gasteiger partial charge in [-0.2, -0.15) is 0 Å². The van der Waals surface area contributed by atoms with E-state index in [9.17, 15) is 6.48 Å². The fourth-order valence-electron chi connectivity index (χ4n) is 8.28. The lowest BCUT2D eigenvalue weighted by Crippen LogP contribution is -2.13. The molecule has 6 aromatic carbocycles. The highest BCUT2D eigenvalue weighted by Crippen LogP contribution is 2.43. The third-order valence-corrected chi connectivity index (χ3v) is 11.3. The number of aryl methyl sites for hydroxylation is 2. The second kappa shape index (κ2) is 15.2. The first-order valence-electron chi connectivity index (χ1n) is 20.8. The van der Waals surface area contributed by atoms with Gasteiger partial charge in [-0.1, -0.05) is 133 Å². The molecule has 290 valence electrons. The number of phenols is 1. The number of aromatic hydroxyl groups is 1. The number of aromatic nitrogens is 3. The molecule has 0 radical (unpaired) electrons. The van der Waals surface area contributed by atoms with Crippen LogP contribution in [0.5, 0.6) is 5.75 Å². The van der Waals surface area contributed by atoms with Gasteiger partial charge in [-0.3, -0.25) is 9.55 Å². The van der Waals surface area contributed by atoms with Crippen molar-refractivity contribution in [2.45, 2.75) is 79.5 Å². The number of phenolic OH excluding ortho intramolecular Hbond substituents is 1. The number of hydrogen-bond acceptors (Lipinski definition) is 3. The first-order valence-corrected chi connectivity index (χ1v) is 20.3. The Balaban J connectivity index is 1.38. The van der Waals surface area contributed by atoms with Gasteiger partial charge in [0.05, 0.1) is 22.3 Å². The Labute approximate surface area is 345 Å². The van der Waals surface area contributed by atoms with E-state index >= 15 is 0 Å². The average Bonchev–Trinajstić information content (AvgIpc) is 3.61. The summed E-state index contributed by atoms with van der Waals surface area (Å²) >= 11 is 0. The van der Waals surface area contributed by atoms with Crippen molar-refractivity contribution in [1.82, 2.24) is 14.5 Å². The molecule has 0 amide bonds. The van der Waals surface area contributed by atoms with Crippen LogP contribution in [0.25, 0.3) is 72.7 Å². The molecule has 0 aliphatic rings. The Hall–Kier alpha value is -6.26. The van der Waals surface area contributed by atoms with Crippen molar-refractivity contribution in [2.24, 2.45) is 0 Å². The summed E-state index contributed by atoms with van der Waals surface area (Å²) in [6.45, 7) is 19.1. The van der Waals surface area contributed by atoms with Crippen molar-refractivity contribution in [3.63, 3.8) is 0 Å². The highest BCUT2D eigenvalue weighted by atomic mass is 16.3. The summed E-state index contributed by atoms with van der Waals surface area (Å²) in [5.74, 6) is 0.212. The summed E-state index contributed by atoms with van der Waals surface area (Å²) in [7, 11) is 0. The van der Waals surface area contributed by atoms with E-state index in [-0.39, 0.29) is 17.1 Å². The Morgan fingerprint density at radius 2 is 1.36 bits per heavy atom. The van der Waals surface area contributed by atoms with Crippen LogP contribution in [0, 0.1) is 13.8 Å². The largest absolute Gasteiger partial charge is 0.507 e. The number of benzene rings is 6. The maximum Gasteiger partial charge on any atom is 0.149 e. The molecule has 0 unspecified atom stereocenters. The van der Waals surface area contributed by atoms with Crippen LogP contribution in [0.3, 0.4) is 0 Å². The molecule has 1 N–H and O–H groups in total. The summed E-state index contributed by atoms with van der Waals surface area (Å²) in [5.41, 5.74) is 16.8. The molecule has 0 fully saturated rings. The summed E-state index contributed by atoms with van der Waals surface area (Å²) in [5, 5.41) is 11.7. The van der Waals surface area contributed by atoms with E-state index in [1.165, 1.54) is 11.1 Å². The molecule has 8 rings (SSSR count). The van der Waals surface area contributed by atoms with Crippen molar-refractivity contribution >= 4 is 11.0 Å². The molecule has 0 spiro atoms. The summed E-state index contributed by atoms with van der Waals surface area (Å²) in [6, 6.07) is 46.8. The number of nitrogens with zero attached hydrogens (tertiary/aromatic N) is 3. The molecule has 8 aromatic rings. The minimum Gasteiger partial charge on any atom is -0.507 e. The maximum absolute atomic E-state index is 11.7. The van der Waals surface area contributed by atoms with Gasteiger partial charge in [-0.15, -0.1) is 0 Å². The van der Waals surface area contributed by atoms with Crippen molar-refractivity contribution < 1.29 is 6.48 Å². The lowest BCUT2D eigenvalue weighted by atomic mass is 9.80.